The molecule has 1 aromatic carbocycles. The number of nitrogens with zero attached hydrogens (tertiary/aromatic N) is 1. The molecule has 0 saturated carbocycles. The molecule has 0 aliphatic carbocycles. The van der Waals surface area contributed by atoms with Gasteiger partial charge in [0.25, 0.3) is 0 Å². The molecule has 0 atom stereocenters. The van der Waals surface area contributed by atoms with Gasteiger partial charge in [-0.15, -0.1) is 0 Å². The number of urea groups is 1. The molecule has 0 unspecified atom stereocenters. The highest BCUT2D eigenvalue weighted by molar-refractivity contribution is 5.75. The van der Waals surface area contributed by atoms with E-state index in [0.29, 0.717) is 13.0 Å². The third-order valence-corrected chi connectivity index (χ3v) is 2.05. The average molecular weight is 229 g/mol. The van der Waals surface area contributed by atoms with Crippen LogP contribution >= 0.6 is 0 Å². The number of rotatable bonds is 4. The van der Waals surface area contributed by atoms with E-state index in [1.54, 1.807) is 6.20 Å². The summed E-state index contributed by atoms with van der Waals surface area (Å²) in [6, 6.07) is 9.60. The Kier molecular flexibility index (Phi) is 5.32. The van der Waals surface area contributed by atoms with E-state index in [1.165, 1.54) is 5.56 Å². The second-order valence-electron chi connectivity index (χ2n) is 3.56. The number of carbonyl (C=O) groups excluding carboxylic acids is 1. The normalized spacial score (nSPS) is 9.88. The van der Waals surface area contributed by atoms with Gasteiger partial charge in [0.1, 0.15) is 0 Å². The van der Waals surface area contributed by atoms with E-state index in [-0.39, 0.29) is 6.03 Å². The van der Waals surface area contributed by atoms with E-state index in [2.05, 4.69) is 10.6 Å². The van der Waals surface area contributed by atoms with Crippen molar-refractivity contribution in [3.8, 4) is 6.07 Å². The van der Waals surface area contributed by atoms with Gasteiger partial charge < -0.3 is 10.6 Å². The average Bonchev–Trinajstić information content (AvgIpc) is 2.29. The Hall–Kier alpha value is -2.28. The second-order valence-corrected chi connectivity index (χ2v) is 3.56. The minimum atomic E-state index is -0.302. The number of nitriles is 1. The number of carbonyl (C=O) groups is 1. The Balaban J connectivity index is 2.35. The summed E-state index contributed by atoms with van der Waals surface area (Å²) in [6.07, 6.45) is 3.71. The summed E-state index contributed by atoms with van der Waals surface area (Å²) in [7, 11) is 0. The molecule has 17 heavy (non-hydrogen) atoms. The molecule has 0 radical (unpaired) electrons. The van der Waals surface area contributed by atoms with Gasteiger partial charge in [-0.25, -0.2) is 4.79 Å². The van der Waals surface area contributed by atoms with Crippen molar-refractivity contribution in [2.75, 3.05) is 6.54 Å². The molecule has 88 valence electrons. The third kappa shape index (κ3) is 5.38. The highest BCUT2D eigenvalue weighted by Crippen LogP contribution is 2.04. The number of hydrogen-bond acceptors (Lipinski definition) is 2. The third-order valence-electron chi connectivity index (χ3n) is 2.05. The van der Waals surface area contributed by atoms with E-state index in [4.69, 9.17) is 5.26 Å². The quantitative estimate of drug-likeness (QED) is 0.777. The van der Waals surface area contributed by atoms with Crippen LogP contribution in [0.5, 0.6) is 0 Å². The van der Waals surface area contributed by atoms with Crippen molar-refractivity contribution in [2.24, 2.45) is 0 Å². The van der Waals surface area contributed by atoms with Crippen LogP contribution in [0.15, 0.2) is 30.5 Å². The summed E-state index contributed by atoms with van der Waals surface area (Å²) in [4.78, 5) is 11.2. The monoisotopic (exact) mass is 229 g/mol. The molecule has 0 bridgehead atoms. The minimum absolute atomic E-state index is 0.302. The molecule has 0 spiro atoms. The maximum Gasteiger partial charge on any atom is 0.318 e. The Morgan fingerprint density at radius 2 is 2.35 bits per heavy atom. The molecule has 0 aliphatic rings. The van der Waals surface area contributed by atoms with Crippen LogP contribution in [0.25, 0.3) is 6.08 Å². The van der Waals surface area contributed by atoms with Crippen molar-refractivity contribution in [1.82, 2.24) is 10.6 Å². The number of benzene rings is 1. The lowest BCUT2D eigenvalue weighted by molar-refractivity contribution is 0.244. The lowest BCUT2D eigenvalue weighted by atomic mass is 10.1. The van der Waals surface area contributed by atoms with Gasteiger partial charge in [0.05, 0.1) is 12.5 Å². The molecule has 0 aliphatic heterocycles. The van der Waals surface area contributed by atoms with Crippen LogP contribution in [-0.2, 0) is 0 Å². The lowest BCUT2D eigenvalue weighted by Crippen LogP contribution is -2.32. The van der Waals surface area contributed by atoms with Gasteiger partial charge in [-0.1, -0.05) is 29.8 Å². The Morgan fingerprint density at radius 3 is 3.06 bits per heavy atom. The molecule has 4 nitrogen and oxygen atoms in total. The van der Waals surface area contributed by atoms with Gasteiger partial charge in [-0.2, -0.15) is 5.26 Å². The van der Waals surface area contributed by atoms with Crippen molar-refractivity contribution in [2.45, 2.75) is 13.3 Å². The first-order valence-electron chi connectivity index (χ1n) is 5.37. The number of aryl methyl sites for hydroxylation is 1. The maximum absolute atomic E-state index is 11.2. The smallest absolute Gasteiger partial charge is 0.318 e. The van der Waals surface area contributed by atoms with E-state index in [0.717, 1.165) is 5.56 Å². The zero-order chi connectivity index (χ0) is 12.5. The van der Waals surface area contributed by atoms with Gasteiger partial charge >= 0.3 is 6.03 Å². The standard InChI is InChI=1S/C13H15N3O/c1-11-4-2-5-12(10-11)6-9-16-13(17)15-8-3-7-14/h2,4-6,9-10H,3,8H2,1H3,(H2,15,16,17)/b9-6+. The van der Waals surface area contributed by atoms with Gasteiger partial charge in [-0.3, -0.25) is 0 Å². The fourth-order valence-electron chi connectivity index (χ4n) is 1.27. The fourth-order valence-corrected chi connectivity index (χ4v) is 1.27. The van der Waals surface area contributed by atoms with Crippen molar-refractivity contribution in [3.05, 3.63) is 41.6 Å². The summed E-state index contributed by atoms with van der Waals surface area (Å²) in [5.74, 6) is 0. The molecule has 2 amide bonds. The first-order valence-corrected chi connectivity index (χ1v) is 5.37. The summed E-state index contributed by atoms with van der Waals surface area (Å²) in [5, 5.41) is 13.4. The minimum Gasteiger partial charge on any atom is -0.337 e. The molecule has 4 heteroatoms. The largest absolute Gasteiger partial charge is 0.337 e. The van der Waals surface area contributed by atoms with Crippen LogP contribution in [0.2, 0.25) is 0 Å². The SMILES string of the molecule is Cc1cccc(/C=C/NC(=O)NCCC#N)c1. The van der Waals surface area contributed by atoms with E-state index in [9.17, 15) is 4.79 Å². The van der Waals surface area contributed by atoms with Crippen LogP contribution in [0.3, 0.4) is 0 Å². The zero-order valence-corrected chi connectivity index (χ0v) is 9.73. The summed E-state index contributed by atoms with van der Waals surface area (Å²) < 4.78 is 0. The zero-order valence-electron chi connectivity index (χ0n) is 9.73. The topological polar surface area (TPSA) is 64.9 Å². The summed E-state index contributed by atoms with van der Waals surface area (Å²) in [5.41, 5.74) is 2.20. The molecule has 0 heterocycles. The highest BCUT2D eigenvalue weighted by Gasteiger charge is 1.94. The molecular weight excluding hydrogens is 214 g/mol. The number of amides is 2. The molecule has 0 fully saturated rings. The predicted molar refractivity (Wildman–Crippen MR) is 67.0 cm³/mol. The Morgan fingerprint density at radius 1 is 1.53 bits per heavy atom. The Bertz CT molecular complexity index is 446. The predicted octanol–water partition coefficient (Wildman–Crippen LogP) is 2.18. The molecule has 1 aromatic rings. The van der Waals surface area contributed by atoms with Crippen LogP contribution in [0.4, 0.5) is 4.79 Å². The second kappa shape index (κ2) is 7.07. The van der Waals surface area contributed by atoms with Crippen molar-refractivity contribution in [1.29, 1.82) is 5.26 Å². The van der Waals surface area contributed by atoms with Gasteiger partial charge in [0.15, 0.2) is 0 Å². The van der Waals surface area contributed by atoms with Crippen LogP contribution in [0.1, 0.15) is 17.5 Å². The van der Waals surface area contributed by atoms with Crippen molar-refractivity contribution < 1.29 is 4.79 Å². The van der Waals surface area contributed by atoms with Crippen molar-refractivity contribution in [3.63, 3.8) is 0 Å². The van der Waals surface area contributed by atoms with Crippen LogP contribution in [-0.4, -0.2) is 12.6 Å². The first-order chi connectivity index (χ1) is 8.22. The summed E-state index contributed by atoms with van der Waals surface area (Å²) in [6.45, 7) is 2.37. The molecular formula is C13H15N3O. The van der Waals surface area contributed by atoms with E-state index in [1.807, 2.05) is 43.3 Å². The van der Waals surface area contributed by atoms with E-state index < -0.39 is 0 Å². The lowest BCUT2D eigenvalue weighted by Gasteiger charge is -2.01. The van der Waals surface area contributed by atoms with Crippen LogP contribution < -0.4 is 10.6 Å². The molecule has 1 rings (SSSR count). The molecule has 2 N–H and O–H groups in total. The maximum atomic E-state index is 11.2. The molecule has 0 saturated heterocycles. The van der Waals surface area contributed by atoms with E-state index >= 15 is 0 Å². The van der Waals surface area contributed by atoms with Gasteiger partial charge in [-0.05, 0) is 18.6 Å². The summed E-state index contributed by atoms with van der Waals surface area (Å²) >= 11 is 0. The first kappa shape index (κ1) is 12.8. The van der Waals surface area contributed by atoms with Gasteiger partial charge in [0.2, 0.25) is 0 Å². The van der Waals surface area contributed by atoms with Gasteiger partial charge in [0, 0.05) is 12.7 Å². The number of nitrogens with one attached hydrogen (secondary N) is 2. The molecule has 0 aromatic heterocycles. The Labute approximate surface area is 101 Å². The number of hydrogen-bond donors (Lipinski definition) is 2. The highest BCUT2D eigenvalue weighted by atomic mass is 16.2. The fraction of sp³-hybridized carbons (Fsp3) is 0.231. The van der Waals surface area contributed by atoms with Crippen LogP contribution in [0, 0.1) is 18.3 Å². The van der Waals surface area contributed by atoms with Crippen molar-refractivity contribution >= 4 is 12.1 Å².